The van der Waals surface area contributed by atoms with Crippen LogP contribution in [0.25, 0.3) is 21.9 Å². The lowest BCUT2D eigenvalue weighted by Crippen LogP contribution is -1.96. The largest absolute Gasteiger partial charge is 0.486 e. The first-order valence-corrected chi connectivity index (χ1v) is 9.26. The van der Waals surface area contributed by atoms with Gasteiger partial charge in [-0.15, -0.1) is 0 Å². The molecule has 3 aromatic carbocycles. The summed E-state index contributed by atoms with van der Waals surface area (Å²) in [5.74, 6) is -1.73. The Hall–Kier alpha value is -3.21. The van der Waals surface area contributed by atoms with Crippen molar-refractivity contribution in [1.29, 1.82) is 0 Å². The molecular weight excluding hydrogens is 377 g/mol. The third kappa shape index (κ3) is 3.73. The van der Waals surface area contributed by atoms with Crippen LogP contribution in [0.3, 0.4) is 0 Å². The molecule has 0 spiro atoms. The maximum Gasteiger partial charge on any atom is 0.208 e. The molecule has 5 heteroatoms. The van der Waals surface area contributed by atoms with Crippen molar-refractivity contribution in [3.05, 3.63) is 88.8 Å². The van der Waals surface area contributed by atoms with E-state index >= 15 is 4.39 Å². The van der Waals surface area contributed by atoms with Gasteiger partial charge in [0.25, 0.3) is 0 Å². The highest BCUT2D eigenvalue weighted by Gasteiger charge is 2.19. The van der Waals surface area contributed by atoms with Crippen molar-refractivity contribution in [3.63, 3.8) is 0 Å². The minimum Gasteiger partial charge on any atom is -0.486 e. The zero-order valence-corrected chi connectivity index (χ0v) is 16.1. The lowest BCUT2D eigenvalue weighted by Gasteiger charge is -2.05. The Balaban J connectivity index is 1.73. The van der Waals surface area contributed by atoms with Gasteiger partial charge in [-0.2, -0.15) is 4.39 Å². The molecule has 0 unspecified atom stereocenters. The van der Waals surface area contributed by atoms with E-state index in [4.69, 9.17) is 9.15 Å². The zero-order chi connectivity index (χ0) is 20.5. The molecule has 0 radical (unpaired) electrons. The summed E-state index contributed by atoms with van der Waals surface area (Å²) in [4.78, 5) is 0. The maximum absolute atomic E-state index is 15.1. The van der Waals surface area contributed by atoms with Crippen LogP contribution in [-0.2, 0) is 6.42 Å². The van der Waals surface area contributed by atoms with Crippen LogP contribution in [0.4, 0.5) is 13.2 Å². The SMILES string of the molecule is C/C(F)=C/COc1ccc2c(oc3c(F)c(Cc4ccc(C)cc4)ccc32)c1F. The molecule has 0 atom stereocenters. The fourth-order valence-electron chi connectivity index (χ4n) is 3.28. The van der Waals surface area contributed by atoms with Crippen molar-refractivity contribution in [2.45, 2.75) is 20.3 Å². The first-order chi connectivity index (χ1) is 13.9. The standard InChI is InChI=1S/C24H19F3O2/c1-14-3-5-16(6-4-14)13-17-7-8-18-19-9-10-20(28-12-11-15(2)25)22(27)24(19)29-23(18)21(17)26/h3-11H,12-13H2,1-2H3/b15-11-. The molecule has 1 heterocycles. The number of halogens is 3. The van der Waals surface area contributed by atoms with Gasteiger partial charge in [0.05, 0.1) is 5.83 Å². The average Bonchev–Trinajstić information content (AvgIpc) is 3.08. The summed E-state index contributed by atoms with van der Waals surface area (Å²) < 4.78 is 53.5. The highest BCUT2D eigenvalue weighted by atomic mass is 19.1. The topological polar surface area (TPSA) is 22.4 Å². The number of benzene rings is 3. The van der Waals surface area contributed by atoms with E-state index in [1.165, 1.54) is 19.1 Å². The predicted molar refractivity (Wildman–Crippen MR) is 108 cm³/mol. The van der Waals surface area contributed by atoms with Gasteiger partial charge in [0.15, 0.2) is 22.7 Å². The zero-order valence-electron chi connectivity index (χ0n) is 16.1. The van der Waals surface area contributed by atoms with Crippen LogP contribution in [0.5, 0.6) is 5.75 Å². The van der Waals surface area contributed by atoms with Crippen molar-refractivity contribution >= 4 is 21.9 Å². The summed E-state index contributed by atoms with van der Waals surface area (Å²) in [5.41, 5.74) is 2.52. The number of furan rings is 1. The van der Waals surface area contributed by atoms with Gasteiger partial charge < -0.3 is 9.15 Å². The fourth-order valence-corrected chi connectivity index (χ4v) is 3.28. The number of hydrogen-bond acceptors (Lipinski definition) is 2. The lowest BCUT2D eigenvalue weighted by molar-refractivity contribution is 0.338. The predicted octanol–water partition coefficient (Wildman–Crippen LogP) is 7.02. The normalized spacial score (nSPS) is 12.1. The van der Waals surface area contributed by atoms with Crippen LogP contribution in [0.1, 0.15) is 23.6 Å². The molecule has 0 bridgehead atoms. The molecule has 2 nitrogen and oxygen atoms in total. The van der Waals surface area contributed by atoms with Crippen LogP contribution in [0, 0.1) is 18.6 Å². The fraction of sp³-hybridized carbons (Fsp3) is 0.167. The summed E-state index contributed by atoms with van der Waals surface area (Å²) >= 11 is 0. The van der Waals surface area contributed by atoms with Gasteiger partial charge in [0.1, 0.15) is 6.61 Å². The highest BCUT2D eigenvalue weighted by molar-refractivity contribution is 6.05. The van der Waals surface area contributed by atoms with E-state index in [-0.39, 0.29) is 23.5 Å². The van der Waals surface area contributed by atoms with Gasteiger partial charge in [-0.1, -0.05) is 35.9 Å². The Bertz CT molecular complexity index is 1220. The van der Waals surface area contributed by atoms with Gasteiger partial charge in [0, 0.05) is 17.2 Å². The minimum absolute atomic E-state index is 0.0140. The van der Waals surface area contributed by atoms with E-state index in [1.807, 2.05) is 31.2 Å². The van der Waals surface area contributed by atoms with Gasteiger partial charge in [0.2, 0.25) is 5.82 Å². The molecule has 0 saturated heterocycles. The Morgan fingerprint density at radius 1 is 0.931 bits per heavy atom. The van der Waals surface area contributed by atoms with Crippen molar-refractivity contribution in [1.82, 2.24) is 0 Å². The Labute approximate surface area is 166 Å². The number of aryl methyl sites for hydroxylation is 1. The highest BCUT2D eigenvalue weighted by Crippen LogP contribution is 2.36. The number of rotatable bonds is 5. The van der Waals surface area contributed by atoms with Crippen molar-refractivity contribution in [2.24, 2.45) is 0 Å². The van der Waals surface area contributed by atoms with Crippen molar-refractivity contribution < 1.29 is 22.3 Å². The second-order valence-corrected chi connectivity index (χ2v) is 7.04. The van der Waals surface area contributed by atoms with E-state index in [0.29, 0.717) is 22.8 Å². The number of allylic oxidation sites excluding steroid dienone is 1. The molecule has 0 saturated carbocycles. The third-order valence-corrected chi connectivity index (χ3v) is 4.85. The van der Waals surface area contributed by atoms with E-state index < -0.39 is 17.5 Å². The van der Waals surface area contributed by atoms with E-state index in [9.17, 15) is 8.78 Å². The van der Waals surface area contributed by atoms with E-state index in [1.54, 1.807) is 18.2 Å². The molecule has 0 aliphatic heterocycles. The monoisotopic (exact) mass is 396 g/mol. The molecule has 0 aliphatic rings. The molecular formula is C24H19F3O2. The van der Waals surface area contributed by atoms with Crippen LogP contribution in [0.15, 0.2) is 64.9 Å². The summed E-state index contributed by atoms with van der Waals surface area (Å²) in [5, 5.41) is 0.956. The minimum atomic E-state index is -0.733. The van der Waals surface area contributed by atoms with Crippen LogP contribution >= 0.6 is 0 Å². The van der Waals surface area contributed by atoms with Gasteiger partial charge in [-0.3, -0.25) is 0 Å². The van der Waals surface area contributed by atoms with E-state index in [2.05, 4.69) is 0 Å². The summed E-state index contributed by atoms with van der Waals surface area (Å²) in [6.07, 6.45) is 1.60. The molecule has 0 fully saturated rings. The van der Waals surface area contributed by atoms with Gasteiger partial charge in [-0.25, -0.2) is 8.78 Å². The molecule has 4 rings (SSSR count). The summed E-state index contributed by atoms with van der Waals surface area (Å²) in [7, 11) is 0. The Morgan fingerprint density at radius 3 is 2.28 bits per heavy atom. The quantitative estimate of drug-likeness (QED) is 0.362. The van der Waals surface area contributed by atoms with Crippen LogP contribution < -0.4 is 4.74 Å². The Morgan fingerprint density at radius 2 is 1.59 bits per heavy atom. The molecule has 0 N–H and O–H groups in total. The van der Waals surface area contributed by atoms with E-state index in [0.717, 1.165) is 11.1 Å². The maximum atomic E-state index is 15.1. The summed E-state index contributed by atoms with van der Waals surface area (Å²) in [6.45, 7) is 3.16. The molecule has 1 aromatic heterocycles. The molecule has 4 aromatic rings. The smallest absolute Gasteiger partial charge is 0.208 e. The number of ether oxygens (including phenoxy) is 1. The number of hydrogen-bond donors (Lipinski definition) is 0. The van der Waals surface area contributed by atoms with Crippen LogP contribution in [0.2, 0.25) is 0 Å². The first kappa shape index (κ1) is 19.1. The third-order valence-electron chi connectivity index (χ3n) is 4.85. The van der Waals surface area contributed by atoms with Gasteiger partial charge >= 0.3 is 0 Å². The molecule has 148 valence electrons. The molecule has 0 amide bonds. The second-order valence-electron chi connectivity index (χ2n) is 7.04. The average molecular weight is 396 g/mol. The number of fused-ring (bicyclic) bond motifs is 3. The molecule has 0 aliphatic carbocycles. The molecule has 29 heavy (non-hydrogen) atoms. The second kappa shape index (κ2) is 7.66. The Kier molecular flexibility index (Phi) is 5.05. The lowest BCUT2D eigenvalue weighted by atomic mass is 10.0. The van der Waals surface area contributed by atoms with Crippen LogP contribution in [-0.4, -0.2) is 6.61 Å². The summed E-state index contributed by atoms with van der Waals surface area (Å²) in [6, 6.07) is 14.3. The van der Waals surface area contributed by atoms with Crippen molar-refractivity contribution in [3.8, 4) is 5.75 Å². The van der Waals surface area contributed by atoms with Gasteiger partial charge in [-0.05, 0) is 49.2 Å². The van der Waals surface area contributed by atoms with Crippen molar-refractivity contribution in [2.75, 3.05) is 6.61 Å². The first-order valence-electron chi connectivity index (χ1n) is 9.26.